The smallest absolute Gasteiger partial charge is 0.362 e. The number of halogens is 4. The summed E-state index contributed by atoms with van der Waals surface area (Å²) < 4.78 is 40.4. The van der Waals surface area contributed by atoms with Crippen LogP contribution in [-0.4, -0.2) is 43.3 Å². The number of nitrogens with zero attached hydrogens (tertiary/aromatic N) is 1. The first-order valence-corrected chi connectivity index (χ1v) is 6.58. The first-order chi connectivity index (χ1) is 9.92. The predicted octanol–water partition coefficient (Wildman–Crippen LogP) is 2.36. The van der Waals surface area contributed by atoms with Gasteiger partial charge >= 0.3 is 6.18 Å². The van der Waals surface area contributed by atoms with Crippen molar-refractivity contribution in [2.45, 2.75) is 19.1 Å². The van der Waals surface area contributed by atoms with Crippen LogP contribution in [0.3, 0.4) is 0 Å². The molecule has 0 aliphatic heterocycles. The van der Waals surface area contributed by atoms with Gasteiger partial charge in [-0.3, -0.25) is 4.79 Å². The lowest BCUT2D eigenvalue weighted by Crippen LogP contribution is -2.36. The number of carbonyl (C=O) groups excluding carboxylic acids is 1. The number of amides is 1. The summed E-state index contributed by atoms with van der Waals surface area (Å²) in [5.41, 5.74) is 6.31. The van der Waals surface area contributed by atoms with E-state index in [1.54, 1.807) is 0 Å². The Hall–Kier alpha value is -1.31. The van der Waals surface area contributed by atoms with Crippen molar-refractivity contribution < 1.29 is 22.7 Å². The molecule has 0 unspecified atom stereocenters. The average molecular weight is 341 g/mol. The molecule has 1 aromatic rings. The molecular formula is C14H20ClF3N2O2. The minimum absolute atomic E-state index is 0. The largest absolute Gasteiger partial charge is 0.411 e. The summed E-state index contributed by atoms with van der Waals surface area (Å²) in [5, 5.41) is 0. The van der Waals surface area contributed by atoms with Crippen molar-refractivity contribution in [2.75, 3.05) is 26.3 Å². The normalized spacial score (nSPS) is 10.9. The lowest BCUT2D eigenvalue weighted by Gasteiger charge is -2.23. The summed E-state index contributed by atoms with van der Waals surface area (Å²) in [6, 6.07) is 9.21. The van der Waals surface area contributed by atoms with Crippen molar-refractivity contribution in [3.05, 3.63) is 35.9 Å². The Morgan fingerprint density at radius 3 is 2.41 bits per heavy atom. The highest BCUT2D eigenvalue weighted by atomic mass is 35.5. The zero-order valence-electron chi connectivity index (χ0n) is 12.0. The molecule has 0 aromatic heterocycles. The van der Waals surface area contributed by atoms with Crippen molar-refractivity contribution >= 4 is 18.3 Å². The number of rotatable bonds is 8. The SMILES string of the molecule is Cl.NCCCN(Cc1ccccc1)C(=O)COCC(F)(F)F. The molecule has 2 N–H and O–H groups in total. The van der Waals surface area contributed by atoms with Crippen LogP contribution in [-0.2, 0) is 16.1 Å². The minimum Gasteiger partial charge on any atom is -0.362 e. The zero-order chi connectivity index (χ0) is 15.7. The van der Waals surface area contributed by atoms with Gasteiger partial charge in [-0.05, 0) is 18.5 Å². The monoisotopic (exact) mass is 340 g/mol. The third kappa shape index (κ3) is 8.86. The number of hydrogen-bond donors (Lipinski definition) is 1. The number of nitrogens with two attached hydrogens (primary N) is 1. The van der Waals surface area contributed by atoms with E-state index in [4.69, 9.17) is 5.73 Å². The topological polar surface area (TPSA) is 55.6 Å². The molecule has 0 saturated heterocycles. The lowest BCUT2D eigenvalue weighted by molar-refractivity contribution is -0.178. The van der Waals surface area contributed by atoms with Gasteiger partial charge in [0.05, 0.1) is 0 Å². The van der Waals surface area contributed by atoms with E-state index in [2.05, 4.69) is 4.74 Å². The zero-order valence-corrected chi connectivity index (χ0v) is 12.8. The van der Waals surface area contributed by atoms with E-state index < -0.39 is 25.3 Å². The number of hydrogen-bond acceptors (Lipinski definition) is 3. The number of carbonyl (C=O) groups is 1. The van der Waals surface area contributed by atoms with E-state index in [1.165, 1.54) is 4.90 Å². The molecule has 1 rings (SSSR count). The highest BCUT2D eigenvalue weighted by Gasteiger charge is 2.28. The molecular weight excluding hydrogens is 321 g/mol. The molecule has 8 heteroatoms. The van der Waals surface area contributed by atoms with E-state index in [0.717, 1.165) is 5.56 Å². The van der Waals surface area contributed by atoms with Crippen LogP contribution in [0.25, 0.3) is 0 Å². The standard InChI is InChI=1S/C14H19F3N2O2.ClH/c15-14(16,17)11-21-10-13(20)19(8-4-7-18)9-12-5-2-1-3-6-12;/h1-3,5-6H,4,7-11,18H2;1H. The fourth-order valence-electron chi connectivity index (χ4n) is 1.72. The van der Waals surface area contributed by atoms with E-state index >= 15 is 0 Å². The minimum atomic E-state index is -4.43. The molecule has 1 aromatic carbocycles. The van der Waals surface area contributed by atoms with Gasteiger partial charge in [-0.1, -0.05) is 30.3 Å². The third-order valence-corrected chi connectivity index (χ3v) is 2.69. The fourth-order valence-corrected chi connectivity index (χ4v) is 1.72. The van der Waals surface area contributed by atoms with Crippen molar-refractivity contribution in [3.8, 4) is 0 Å². The number of benzene rings is 1. The van der Waals surface area contributed by atoms with Crippen LogP contribution in [0.2, 0.25) is 0 Å². The van der Waals surface area contributed by atoms with Crippen LogP contribution in [0.15, 0.2) is 30.3 Å². The second-order valence-electron chi connectivity index (χ2n) is 4.55. The van der Waals surface area contributed by atoms with Crippen molar-refractivity contribution in [1.82, 2.24) is 4.90 Å². The summed E-state index contributed by atoms with van der Waals surface area (Å²) in [7, 11) is 0. The summed E-state index contributed by atoms with van der Waals surface area (Å²) in [6.07, 6.45) is -3.85. The number of ether oxygens (including phenoxy) is 1. The lowest BCUT2D eigenvalue weighted by atomic mass is 10.2. The van der Waals surface area contributed by atoms with Crippen LogP contribution in [0.5, 0.6) is 0 Å². The molecule has 126 valence electrons. The summed E-state index contributed by atoms with van der Waals surface area (Å²) in [5.74, 6) is -0.475. The second-order valence-corrected chi connectivity index (χ2v) is 4.55. The van der Waals surface area contributed by atoms with E-state index in [9.17, 15) is 18.0 Å². The van der Waals surface area contributed by atoms with E-state index in [0.29, 0.717) is 26.1 Å². The van der Waals surface area contributed by atoms with Crippen molar-refractivity contribution in [2.24, 2.45) is 5.73 Å². The molecule has 0 fully saturated rings. The molecule has 0 saturated carbocycles. The highest BCUT2D eigenvalue weighted by molar-refractivity contribution is 5.85. The second kappa shape index (κ2) is 10.4. The number of alkyl halides is 3. The van der Waals surface area contributed by atoms with E-state index in [1.807, 2.05) is 30.3 Å². The van der Waals surface area contributed by atoms with Gasteiger partial charge < -0.3 is 15.4 Å². The van der Waals surface area contributed by atoms with Crippen LogP contribution < -0.4 is 5.73 Å². The van der Waals surface area contributed by atoms with Gasteiger partial charge in [0.15, 0.2) is 0 Å². The Balaban J connectivity index is 0.00000441. The Bertz CT molecular complexity index is 430. The predicted molar refractivity (Wildman–Crippen MR) is 79.7 cm³/mol. The van der Waals surface area contributed by atoms with E-state index in [-0.39, 0.29) is 12.4 Å². The summed E-state index contributed by atoms with van der Waals surface area (Å²) >= 11 is 0. The van der Waals surface area contributed by atoms with Crippen molar-refractivity contribution in [1.29, 1.82) is 0 Å². The van der Waals surface area contributed by atoms with Crippen LogP contribution >= 0.6 is 12.4 Å². The van der Waals surface area contributed by atoms with Crippen molar-refractivity contribution in [3.63, 3.8) is 0 Å². The van der Waals surface area contributed by atoms with Gasteiger partial charge in [0.2, 0.25) is 5.91 Å². The Labute approximate surface area is 133 Å². The van der Waals surface area contributed by atoms with Crippen LogP contribution in [0.1, 0.15) is 12.0 Å². The molecule has 4 nitrogen and oxygen atoms in total. The summed E-state index contributed by atoms with van der Waals surface area (Å²) in [4.78, 5) is 13.4. The van der Waals surface area contributed by atoms with Gasteiger partial charge in [0.1, 0.15) is 13.2 Å². The Morgan fingerprint density at radius 1 is 1.23 bits per heavy atom. The quantitative estimate of drug-likeness (QED) is 0.790. The first-order valence-electron chi connectivity index (χ1n) is 6.58. The molecule has 0 aliphatic rings. The molecule has 0 bridgehead atoms. The van der Waals surface area contributed by atoms with Crippen LogP contribution in [0, 0.1) is 0 Å². The molecule has 0 heterocycles. The maximum atomic E-state index is 12.0. The van der Waals surface area contributed by atoms with Gasteiger partial charge in [0.25, 0.3) is 0 Å². The van der Waals surface area contributed by atoms with Gasteiger partial charge in [0, 0.05) is 13.1 Å². The van der Waals surface area contributed by atoms with Gasteiger partial charge in [-0.2, -0.15) is 13.2 Å². The Kier molecular flexibility index (Phi) is 9.80. The average Bonchev–Trinajstić information content (AvgIpc) is 2.43. The third-order valence-electron chi connectivity index (χ3n) is 2.69. The first kappa shape index (κ1) is 20.7. The molecule has 0 aliphatic carbocycles. The summed E-state index contributed by atoms with van der Waals surface area (Å²) in [6.45, 7) is -0.887. The van der Waals surface area contributed by atoms with Gasteiger partial charge in [-0.15, -0.1) is 12.4 Å². The Morgan fingerprint density at radius 2 is 1.86 bits per heavy atom. The molecule has 0 spiro atoms. The highest BCUT2D eigenvalue weighted by Crippen LogP contribution is 2.14. The molecule has 22 heavy (non-hydrogen) atoms. The maximum absolute atomic E-state index is 12.0. The maximum Gasteiger partial charge on any atom is 0.411 e. The van der Waals surface area contributed by atoms with Gasteiger partial charge in [-0.25, -0.2) is 0 Å². The molecule has 0 atom stereocenters. The molecule has 0 radical (unpaired) electrons. The fraction of sp³-hybridized carbons (Fsp3) is 0.500. The molecule has 1 amide bonds. The van der Waals surface area contributed by atoms with Crippen LogP contribution in [0.4, 0.5) is 13.2 Å².